The fourth-order valence-corrected chi connectivity index (χ4v) is 1.35. The molecule has 15 heavy (non-hydrogen) atoms. The van der Waals surface area contributed by atoms with Gasteiger partial charge in [0.2, 0.25) is 5.91 Å². The molecule has 1 fully saturated rings. The fourth-order valence-electron chi connectivity index (χ4n) is 1.35. The molecule has 0 bridgehead atoms. The van der Waals surface area contributed by atoms with Crippen LogP contribution < -0.4 is 5.73 Å². The van der Waals surface area contributed by atoms with Crippen molar-refractivity contribution < 1.29 is 9.59 Å². The molecule has 1 aliphatic heterocycles. The van der Waals surface area contributed by atoms with E-state index in [0.29, 0.717) is 18.7 Å². The molecule has 0 saturated carbocycles. The SMILES string of the molecule is CC(C)C(N)=NC1CCC(=O)N(C)C1=O. The van der Waals surface area contributed by atoms with Gasteiger partial charge in [0.15, 0.2) is 0 Å². The van der Waals surface area contributed by atoms with Gasteiger partial charge in [-0.15, -0.1) is 0 Å². The molecule has 2 N–H and O–H groups in total. The summed E-state index contributed by atoms with van der Waals surface area (Å²) in [4.78, 5) is 28.1. The number of hydrogen-bond donors (Lipinski definition) is 1. The van der Waals surface area contributed by atoms with Gasteiger partial charge in [-0.25, -0.2) is 0 Å². The number of likely N-dealkylation sites (N-methyl/N-ethyl adjacent to an activating group) is 1. The zero-order valence-electron chi connectivity index (χ0n) is 9.36. The summed E-state index contributed by atoms with van der Waals surface area (Å²) in [5, 5.41) is 0. The van der Waals surface area contributed by atoms with Gasteiger partial charge < -0.3 is 5.73 Å². The highest BCUT2D eigenvalue weighted by molar-refractivity contribution is 6.01. The lowest BCUT2D eigenvalue weighted by Crippen LogP contribution is -2.45. The van der Waals surface area contributed by atoms with E-state index in [0.717, 1.165) is 4.90 Å². The highest BCUT2D eigenvalue weighted by Gasteiger charge is 2.31. The summed E-state index contributed by atoms with van der Waals surface area (Å²) in [6.07, 6.45) is 0.831. The third kappa shape index (κ3) is 2.55. The Morgan fingerprint density at radius 3 is 2.67 bits per heavy atom. The van der Waals surface area contributed by atoms with Crippen LogP contribution >= 0.6 is 0 Å². The molecule has 0 spiro atoms. The van der Waals surface area contributed by atoms with E-state index in [-0.39, 0.29) is 17.7 Å². The molecule has 0 aromatic heterocycles. The van der Waals surface area contributed by atoms with Crippen molar-refractivity contribution >= 4 is 17.6 Å². The second-order valence-corrected chi connectivity index (χ2v) is 4.05. The lowest BCUT2D eigenvalue weighted by molar-refractivity contribution is -0.147. The largest absolute Gasteiger partial charge is 0.387 e. The molecule has 0 aromatic carbocycles. The average Bonchev–Trinajstić information content (AvgIpc) is 2.18. The zero-order valence-corrected chi connectivity index (χ0v) is 9.36. The first-order chi connectivity index (χ1) is 6.93. The first-order valence-corrected chi connectivity index (χ1v) is 5.07. The van der Waals surface area contributed by atoms with Crippen LogP contribution in [0, 0.1) is 5.92 Å². The zero-order chi connectivity index (χ0) is 11.6. The molecule has 1 atom stereocenters. The van der Waals surface area contributed by atoms with Crippen molar-refractivity contribution in [2.75, 3.05) is 7.05 Å². The minimum absolute atomic E-state index is 0.126. The van der Waals surface area contributed by atoms with Gasteiger partial charge in [-0.1, -0.05) is 13.8 Å². The van der Waals surface area contributed by atoms with Crippen LogP contribution in [0.25, 0.3) is 0 Å². The highest BCUT2D eigenvalue weighted by atomic mass is 16.2. The number of aliphatic imine (C=N–C) groups is 1. The van der Waals surface area contributed by atoms with Crippen LogP contribution in [-0.4, -0.2) is 35.6 Å². The highest BCUT2D eigenvalue weighted by Crippen LogP contribution is 2.15. The van der Waals surface area contributed by atoms with Crippen LogP contribution in [0.1, 0.15) is 26.7 Å². The molecule has 0 radical (unpaired) electrons. The second kappa shape index (κ2) is 4.42. The van der Waals surface area contributed by atoms with E-state index in [1.807, 2.05) is 13.8 Å². The van der Waals surface area contributed by atoms with Crippen molar-refractivity contribution in [3.8, 4) is 0 Å². The third-order valence-corrected chi connectivity index (χ3v) is 2.52. The molecule has 1 saturated heterocycles. The number of rotatable bonds is 2. The monoisotopic (exact) mass is 211 g/mol. The summed E-state index contributed by atoms with van der Waals surface area (Å²) in [6.45, 7) is 3.84. The number of nitrogens with zero attached hydrogens (tertiary/aromatic N) is 2. The Kier molecular flexibility index (Phi) is 3.44. The van der Waals surface area contributed by atoms with E-state index in [1.165, 1.54) is 7.05 Å². The predicted molar refractivity (Wildman–Crippen MR) is 57.3 cm³/mol. The third-order valence-electron chi connectivity index (χ3n) is 2.52. The summed E-state index contributed by atoms with van der Waals surface area (Å²) in [5.74, 6) is 0.196. The first-order valence-electron chi connectivity index (χ1n) is 5.07. The van der Waals surface area contributed by atoms with Crippen molar-refractivity contribution in [1.29, 1.82) is 0 Å². The van der Waals surface area contributed by atoms with Gasteiger partial charge in [0.1, 0.15) is 6.04 Å². The number of imide groups is 1. The number of amides is 2. The van der Waals surface area contributed by atoms with E-state index >= 15 is 0 Å². The van der Waals surface area contributed by atoms with E-state index in [9.17, 15) is 9.59 Å². The predicted octanol–water partition coefficient (Wildman–Crippen LogP) is 0.147. The first kappa shape index (κ1) is 11.7. The quantitative estimate of drug-likeness (QED) is 0.401. The lowest BCUT2D eigenvalue weighted by atomic mass is 10.0. The summed E-state index contributed by atoms with van der Waals surface area (Å²) in [7, 11) is 1.48. The molecule has 2 amide bonds. The summed E-state index contributed by atoms with van der Waals surface area (Å²) in [6, 6.07) is -0.477. The lowest BCUT2D eigenvalue weighted by Gasteiger charge is -2.25. The molecule has 1 heterocycles. The minimum Gasteiger partial charge on any atom is -0.387 e. The van der Waals surface area contributed by atoms with Gasteiger partial charge in [0.25, 0.3) is 5.91 Å². The van der Waals surface area contributed by atoms with Gasteiger partial charge in [-0.2, -0.15) is 0 Å². The normalized spacial score (nSPS) is 23.9. The Labute approximate surface area is 89.3 Å². The van der Waals surface area contributed by atoms with Gasteiger partial charge in [-0.05, 0) is 6.42 Å². The van der Waals surface area contributed by atoms with Crippen molar-refractivity contribution in [1.82, 2.24) is 4.90 Å². The van der Waals surface area contributed by atoms with Crippen LogP contribution in [0.3, 0.4) is 0 Å². The Bertz CT molecular complexity index is 310. The molecule has 1 unspecified atom stereocenters. The summed E-state index contributed by atoms with van der Waals surface area (Å²) >= 11 is 0. The van der Waals surface area contributed by atoms with Crippen LogP contribution in [0.5, 0.6) is 0 Å². The summed E-state index contributed by atoms with van der Waals surface area (Å²) in [5.41, 5.74) is 5.68. The second-order valence-electron chi connectivity index (χ2n) is 4.05. The smallest absolute Gasteiger partial charge is 0.253 e. The summed E-state index contributed by atoms with van der Waals surface area (Å²) < 4.78 is 0. The Balaban J connectivity index is 2.77. The van der Waals surface area contributed by atoms with Crippen molar-refractivity contribution in [2.24, 2.45) is 16.6 Å². The van der Waals surface area contributed by atoms with Crippen LogP contribution in [0.15, 0.2) is 4.99 Å². The number of amidine groups is 1. The topological polar surface area (TPSA) is 75.8 Å². The molecular formula is C10H17N3O2. The van der Waals surface area contributed by atoms with Gasteiger partial charge >= 0.3 is 0 Å². The van der Waals surface area contributed by atoms with E-state index < -0.39 is 6.04 Å². The van der Waals surface area contributed by atoms with Crippen LogP contribution in [0.2, 0.25) is 0 Å². The van der Waals surface area contributed by atoms with E-state index in [4.69, 9.17) is 5.73 Å². The number of carbonyl (C=O) groups excluding carboxylic acids is 2. The van der Waals surface area contributed by atoms with E-state index in [2.05, 4.69) is 4.99 Å². The fraction of sp³-hybridized carbons (Fsp3) is 0.700. The molecule has 0 aliphatic carbocycles. The molecule has 5 nitrogen and oxygen atoms in total. The Morgan fingerprint density at radius 2 is 2.13 bits per heavy atom. The van der Waals surface area contributed by atoms with Gasteiger partial charge in [0, 0.05) is 19.4 Å². The molecule has 0 aromatic rings. The van der Waals surface area contributed by atoms with Crippen LogP contribution in [-0.2, 0) is 9.59 Å². The molecule has 84 valence electrons. The van der Waals surface area contributed by atoms with Crippen molar-refractivity contribution in [3.63, 3.8) is 0 Å². The molecule has 1 rings (SSSR count). The van der Waals surface area contributed by atoms with Gasteiger partial charge in [-0.3, -0.25) is 19.5 Å². The standard InChI is InChI=1S/C10H17N3O2/c1-6(2)9(11)12-7-4-5-8(14)13(3)10(7)15/h6-7H,4-5H2,1-3H3,(H2,11,12). The maximum absolute atomic E-state index is 11.6. The average molecular weight is 211 g/mol. The van der Waals surface area contributed by atoms with Gasteiger partial charge in [0.05, 0.1) is 5.84 Å². The molecule has 1 aliphatic rings. The number of likely N-dealkylation sites (tertiary alicyclic amines) is 1. The number of carbonyl (C=O) groups is 2. The maximum atomic E-state index is 11.6. The molecular weight excluding hydrogens is 194 g/mol. The molecule has 5 heteroatoms. The number of piperidine rings is 1. The minimum atomic E-state index is -0.477. The Hall–Kier alpha value is -1.39. The maximum Gasteiger partial charge on any atom is 0.253 e. The number of nitrogens with two attached hydrogens (primary N) is 1. The van der Waals surface area contributed by atoms with E-state index in [1.54, 1.807) is 0 Å². The van der Waals surface area contributed by atoms with Crippen molar-refractivity contribution in [2.45, 2.75) is 32.7 Å². The number of hydrogen-bond acceptors (Lipinski definition) is 3. The Morgan fingerprint density at radius 1 is 1.53 bits per heavy atom. The van der Waals surface area contributed by atoms with Crippen molar-refractivity contribution in [3.05, 3.63) is 0 Å². The van der Waals surface area contributed by atoms with Crippen LogP contribution in [0.4, 0.5) is 0 Å².